The number of morpholine rings is 1. The number of ether oxygens (including phenoxy) is 2. The van der Waals surface area contributed by atoms with Gasteiger partial charge >= 0.3 is 0 Å². The van der Waals surface area contributed by atoms with Gasteiger partial charge in [-0.2, -0.15) is 0 Å². The number of benzene rings is 1. The Bertz CT molecular complexity index is 410. The predicted molar refractivity (Wildman–Crippen MR) is 78.4 cm³/mol. The summed E-state index contributed by atoms with van der Waals surface area (Å²) in [7, 11) is 0. The zero-order valence-electron chi connectivity index (χ0n) is 12.1. The molecular weight excluding hydrogens is 254 g/mol. The molecule has 1 aromatic rings. The molecule has 0 saturated carbocycles. The van der Waals surface area contributed by atoms with E-state index in [-0.39, 0.29) is 5.78 Å². The Hall–Kier alpha value is -1.39. The molecule has 0 aliphatic carbocycles. The van der Waals surface area contributed by atoms with E-state index < -0.39 is 0 Å². The summed E-state index contributed by atoms with van der Waals surface area (Å²) in [6.07, 6.45) is 1.55. The van der Waals surface area contributed by atoms with Crippen molar-refractivity contribution in [3.05, 3.63) is 29.8 Å². The van der Waals surface area contributed by atoms with Crippen molar-refractivity contribution in [1.82, 2.24) is 4.90 Å². The van der Waals surface area contributed by atoms with E-state index in [1.807, 2.05) is 24.3 Å². The van der Waals surface area contributed by atoms with E-state index in [2.05, 4.69) is 11.8 Å². The second-order valence-corrected chi connectivity index (χ2v) is 5.00. The first-order valence-corrected chi connectivity index (χ1v) is 7.35. The Morgan fingerprint density at radius 3 is 2.60 bits per heavy atom. The first kappa shape index (κ1) is 15.0. The molecule has 1 heterocycles. The number of Topliss-reactive ketones (excluding diaryl/α,β-unsaturated/α-hetero) is 1. The van der Waals surface area contributed by atoms with Gasteiger partial charge in [0.05, 0.1) is 19.8 Å². The molecular formula is C16H23NO3. The molecule has 1 fully saturated rings. The normalized spacial score (nSPS) is 16.1. The largest absolute Gasteiger partial charge is 0.494 e. The lowest BCUT2D eigenvalue weighted by Crippen LogP contribution is -2.37. The van der Waals surface area contributed by atoms with Crippen LogP contribution in [0.3, 0.4) is 0 Å². The van der Waals surface area contributed by atoms with Crippen molar-refractivity contribution < 1.29 is 14.3 Å². The molecule has 0 spiro atoms. The summed E-state index contributed by atoms with van der Waals surface area (Å²) in [5, 5.41) is 0. The minimum absolute atomic E-state index is 0.193. The summed E-state index contributed by atoms with van der Waals surface area (Å²) in [5.41, 5.74) is 0.766. The lowest BCUT2D eigenvalue weighted by Gasteiger charge is -2.26. The summed E-state index contributed by atoms with van der Waals surface area (Å²) >= 11 is 0. The maximum atomic E-state index is 12.1. The molecule has 0 N–H and O–H groups in total. The molecule has 110 valence electrons. The van der Waals surface area contributed by atoms with Gasteiger partial charge in [0, 0.05) is 31.6 Å². The van der Waals surface area contributed by atoms with Crippen molar-refractivity contribution in [3.63, 3.8) is 0 Å². The molecule has 0 aromatic heterocycles. The summed E-state index contributed by atoms with van der Waals surface area (Å²) in [4.78, 5) is 14.4. The minimum atomic E-state index is 0.193. The predicted octanol–water partition coefficient (Wildman–Crippen LogP) is 2.38. The van der Waals surface area contributed by atoms with Crippen molar-refractivity contribution in [1.29, 1.82) is 0 Å². The van der Waals surface area contributed by atoms with Gasteiger partial charge in [-0.1, -0.05) is 6.92 Å². The summed E-state index contributed by atoms with van der Waals surface area (Å²) in [6.45, 7) is 7.01. The van der Waals surface area contributed by atoms with Gasteiger partial charge in [-0.25, -0.2) is 0 Å². The maximum Gasteiger partial charge on any atom is 0.164 e. The molecule has 0 amide bonds. The highest BCUT2D eigenvalue weighted by Crippen LogP contribution is 2.14. The maximum absolute atomic E-state index is 12.1. The fraction of sp³-hybridized carbons (Fsp3) is 0.562. The van der Waals surface area contributed by atoms with Gasteiger partial charge in [-0.3, -0.25) is 9.69 Å². The first-order chi connectivity index (χ1) is 9.79. The zero-order valence-corrected chi connectivity index (χ0v) is 12.1. The lowest BCUT2D eigenvalue weighted by molar-refractivity contribution is 0.0370. The topological polar surface area (TPSA) is 38.8 Å². The van der Waals surface area contributed by atoms with Crippen molar-refractivity contribution >= 4 is 5.78 Å². The van der Waals surface area contributed by atoms with E-state index in [0.29, 0.717) is 13.0 Å². The Morgan fingerprint density at radius 1 is 1.25 bits per heavy atom. The summed E-state index contributed by atoms with van der Waals surface area (Å²) in [6, 6.07) is 7.45. The third kappa shape index (κ3) is 4.62. The molecule has 1 aromatic carbocycles. The third-order valence-corrected chi connectivity index (χ3v) is 3.41. The highest BCUT2D eigenvalue weighted by atomic mass is 16.5. The number of hydrogen-bond donors (Lipinski definition) is 0. The van der Waals surface area contributed by atoms with E-state index in [0.717, 1.165) is 50.6 Å². The van der Waals surface area contributed by atoms with Crippen molar-refractivity contribution in [2.75, 3.05) is 39.5 Å². The molecule has 4 nitrogen and oxygen atoms in total. The van der Waals surface area contributed by atoms with Crippen LogP contribution >= 0.6 is 0 Å². The Morgan fingerprint density at radius 2 is 1.95 bits per heavy atom. The van der Waals surface area contributed by atoms with E-state index in [4.69, 9.17) is 9.47 Å². The average Bonchev–Trinajstić information content (AvgIpc) is 2.52. The highest BCUT2D eigenvalue weighted by Gasteiger charge is 2.13. The smallest absolute Gasteiger partial charge is 0.164 e. The highest BCUT2D eigenvalue weighted by molar-refractivity contribution is 5.96. The first-order valence-electron chi connectivity index (χ1n) is 7.35. The van der Waals surface area contributed by atoms with Crippen LogP contribution in [-0.4, -0.2) is 50.1 Å². The van der Waals surface area contributed by atoms with E-state index >= 15 is 0 Å². The lowest BCUT2D eigenvalue weighted by atomic mass is 10.1. The molecule has 1 aliphatic rings. The van der Waals surface area contributed by atoms with Gasteiger partial charge in [0.1, 0.15) is 5.75 Å². The van der Waals surface area contributed by atoms with Crippen molar-refractivity contribution in [2.45, 2.75) is 19.8 Å². The van der Waals surface area contributed by atoms with Crippen LogP contribution in [0, 0.1) is 0 Å². The third-order valence-electron chi connectivity index (χ3n) is 3.41. The summed E-state index contributed by atoms with van der Waals surface area (Å²) < 4.78 is 10.8. The van der Waals surface area contributed by atoms with Gasteiger partial charge < -0.3 is 9.47 Å². The number of carbonyl (C=O) groups is 1. The SMILES string of the molecule is CCCOc1ccc(C(=O)CCN2CCOCC2)cc1. The van der Waals surface area contributed by atoms with Crippen LogP contribution in [-0.2, 0) is 4.74 Å². The standard InChI is InChI=1S/C16H23NO3/c1-2-11-20-15-5-3-14(4-6-15)16(18)7-8-17-9-12-19-13-10-17/h3-6H,2,7-13H2,1H3. The molecule has 20 heavy (non-hydrogen) atoms. The van der Waals surface area contributed by atoms with Crippen molar-refractivity contribution in [2.24, 2.45) is 0 Å². The quantitative estimate of drug-likeness (QED) is 0.717. The minimum Gasteiger partial charge on any atom is -0.494 e. The number of hydrogen-bond acceptors (Lipinski definition) is 4. The second kappa shape index (κ2) is 8.02. The fourth-order valence-electron chi connectivity index (χ4n) is 2.19. The zero-order chi connectivity index (χ0) is 14.2. The van der Waals surface area contributed by atoms with Gasteiger partial charge in [0.15, 0.2) is 5.78 Å². The van der Waals surface area contributed by atoms with E-state index in [1.54, 1.807) is 0 Å². The average molecular weight is 277 g/mol. The summed E-state index contributed by atoms with van der Waals surface area (Å²) in [5.74, 6) is 1.02. The van der Waals surface area contributed by atoms with E-state index in [1.165, 1.54) is 0 Å². The van der Waals surface area contributed by atoms with Crippen LogP contribution in [0.25, 0.3) is 0 Å². The number of ketones is 1. The van der Waals surface area contributed by atoms with Crippen LogP contribution in [0.2, 0.25) is 0 Å². The Balaban J connectivity index is 1.79. The monoisotopic (exact) mass is 277 g/mol. The van der Waals surface area contributed by atoms with Crippen LogP contribution in [0.15, 0.2) is 24.3 Å². The van der Waals surface area contributed by atoms with Gasteiger partial charge in [0.2, 0.25) is 0 Å². The molecule has 2 rings (SSSR count). The number of rotatable bonds is 7. The van der Waals surface area contributed by atoms with Crippen LogP contribution in [0.1, 0.15) is 30.1 Å². The second-order valence-electron chi connectivity index (χ2n) is 5.00. The molecule has 1 saturated heterocycles. The van der Waals surface area contributed by atoms with Gasteiger partial charge in [-0.15, -0.1) is 0 Å². The van der Waals surface area contributed by atoms with E-state index in [9.17, 15) is 4.79 Å². The van der Waals surface area contributed by atoms with Crippen LogP contribution < -0.4 is 4.74 Å². The molecule has 0 radical (unpaired) electrons. The molecule has 1 aliphatic heterocycles. The molecule has 0 atom stereocenters. The Labute approximate surface area is 120 Å². The van der Waals surface area contributed by atoms with Crippen LogP contribution in [0.4, 0.5) is 0 Å². The molecule has 0 unspecified atom stereocenters. The van der Waals surface area contributed by atoms with Gasteiger partial charge in [-0.05, 0) is 30.7 Å². The Kier molecular flexibility index (Phi) is 6.02. The molecule has 0 bridgehead atoms. The fourth-order valence-corrected chi connectivity index (χ4v) is 2.19. The van der Waals surface area contributed by atoms with Crippen LogP contribution in [0.5, 0.6) is 5.75 Å². The number of carbonyl (C=O) groups excluding carboxylic acids is 1. The number of nitrogens with zero attached hydrogens (tertiary/aromatic N) is 1. The molecule has 4 heteroatoms. The van der Waals surface area contributed by atoms with Gasteiger partial charge in [0.25, 0.3) is 0 Å². The van der Waals surface area contributed by atoms with Crippen molar-refractivity contribution in [3.8, 4) is 5.75 Å².